The molecule has 5 rings (SSSR count). The van der Waals surface area contributed by atoms with Gasteiger partial charge in [-0.05, 0) is 83.3 Å². The predicted octanol–water partition coefficient (Wildman–Crippen LogP) is 3.39. The van der Waals surface area contributed by atoms with Gasteiger partial charge < -0.3 is 30.9 Å². The summed E-state index contributed by atoms with van der Waals surface area (Å²) in [4.78, 5) is 37.5. The fourth-order valence-corrected chi connectivity index (χ4v) is 5.37. The first-order chi connectivity index (χ1) is 18.9. The lowest BCUT2D eigenvalue weighted by molar-refractivity contribution is -0.127. The molecule has 2 aliphatic heterocycles. The molecular weight excluding hydrogens is 494 g/mol. The van der Waals surface area contributed by atoms with Gasteiger partial charge in [-0.1, -0.05) is 12.1 Å². The molecule has 10 nitrogen and oxygen atoms in total. The molecule has 1 aromatic carbocycles. The highest BCUT2D eigenvalue weighted by atomic mass is 16.5. The fraction of sp³-hybridized carbons (Fsp3) is 0.517. The summed E-state index contributed by atoms with van der Waals surface area (Å²) in [5.41, 5.74) is 2.17. The highest BCUT2D eigenvalue weighted by Crippen LogP contribution is 2.28. The number of nitrogens with zero attached hydrogens (tertiary/aromatic N) is 3. The van der Waals surface area contributed by atoms with E-state index in [1.165, 1.54) is 0 Å². The number of likely N-dealkylation sites (tertiary alicyclic amines) is 1. The Hall–Kier alpha value is -3.66. The lowest BCUT2D eigenvalue weighted by atomic mass is 9.85. The fourth-order valence-electron chi connectivity index (χ4n) is 5.37. The van der Waals surface area contributed by atoms with E-state index in [-0.39, 0.29) is 29.8 Å². The number of hydrogen-bond donors (Lipinski definition) is 4. The maximum absolute atomic E-state index is 13.4. The van der Waals surface area contributed by atoms with Gasteiger partial charge in [-0.2, -0.15) is 4.98 Å². The number of rotatable bonds is 4. The van der Waals surface area contributed by atoms with Crippen molar-refractivity contribution in [3.05, 3.63) is 47.7 Å². The summed E-state index contributed by atoms with van der Waals surface area (Å²) in [5.74, 6) is 1.58. The van der Waals surface area contributed by atoms with Gasteiger partial charge >= 0.3 is 0 Å². The molecule has 0 radical (unpaired) electrons. The number of aryl methyl sites for hydroxylation is 1. The van der Waals surface area contributed by atoms with E-state index in [9.17, 15) is 9.59 Å². The highest BCUT2D eigenvalue weighted by molar-refractivity contribution is 5.99. The van der Waals surface area contributed by atoms with Crippen LogP contribution in [0.2, 0.25) is 0 Å². The number of anilines is 3. The molecule has 4 bridgehead atoms. The van der Waals surface area contributed by atoms with E-state index in [1.54, 1.807) is 6.20 Å². The van der Waals surface area contributed by atoms with Crippen LogP contribution in [0.1, 0.15) is 54.4 Å². The SMILES string of the molecule is Cc1ccc2cc1OC/C=C\CNc1ncc(C(=O)NC3CCC(C(=O)NC4CCN(C)CC4)CC3)c(n1)N2. The quantitative estimate of drug-likeness (QED) is 0.442. The number of amides is 2. The maximum atomic E-state index is 13.4. The van der Waals surface area contributed by atoms with Gasteiger partial charge in [0.1, 0.15) is 23.7 Å². The van der Waals surface area contributed by atoms with Crippen LogP contribution in [0, 0.1) is 12.8 Å². The van der Waals surface area contributed by atoms with Gasteiger partial charge in [-0.25, -0.2) is 4.98 Å². The standard InChI is InChI=1S/C29H39N7O3/c1-19-5-8-23-17-25(19)39-16-4-3-13-30-29-31-18-24(26(32-23)35-29)28(38)34-21-9-6-20(7-10-21)27(37)33-22-11-14-36(2)15-12-22/h3-5,8,17-18,20-22H,6-7,9-16H2,1-2H3,(H,33,37)(H,34,38)(H2,30,31,32,35)/b4-3-. The largest absolute Gasteiger partial charge is 0.489 e. The molecule has 1 saturated heterocycles. The van der Waals surface area contributed by atoms with E-state index < -0.39 is 0 Å². The number of aromatic nitrogens is 2. The number of piperidine rings is 1. The van der Waals surface area contributed by atoms with Crippen LogP contribution in [-0.4, -0.2) is 72.1 Å². The van der Waals surface area contributed by atoms with Crippen molar-refractivity contribution in [2.24, 2.45) is 5.92 Å². The van der Waals surface area contributed by atoms with E-state index in [4.69, 9.17) is 4.74 Å². The Morgan fingerprint density at radius 1 is 1.03 bits per heavy atom. The molecule has 2 aromatic rings. The smallest absolute Gasteiger partial charge is 0.256 e. The molecular formula is C29H39N7O3. The average Bonchev–Trinajstić information content (AvgIpc) is 2.94. The van der Waals surface area contributed by atoms with Crippen LogP contribution in [0.3, 0.4) is 0 Å². The Kier molecular flexibility index (Phi) is 8.61. The molecule has 1 saturated carbocycles. The van der Waals surface area contributed by atoms with Crippen molar-refractivity contribution >= 4 is 29.3 Å². The number of benzene rings is 1. The molecule has 3 heterocycles. The first-order valence-electron chi connectivity index (χ1n) is 14.0. The summed E-state index contributed by atoms with van der Waals surface area (Å²) in [6.07, 6.45) is 10.6. The third-order valence-corrected chi connectivity index (χ3v) is 7.86. The molecule has 0 spiro atoms. The van der Waals surface area contributed by atoms with Crippen molar-refractivity contribution in [3.8, 4) is 5.75 Å². The molecule has 2 fully saturated rings. The minimum absolute atomic E-state index is 0.00848. The normalized spacial score (nSPS) is 22.9. The third kappa shape index (κ3) is 7.06. The second-order valence-corrected chi connectivity index (χ2v) is 10.8. The van der Waals surface area contributed by atoms with E-state index in [0.29, 0.717) is 30.5 Å². The Labute approximate surface area is 230 Å². The van der Waals surface area contributed by atoms with Gasteiger partial charge in [0.25, 0.3) is 5.91 Å². The Balaban J connectivity index is 1.22. The lowest BCUT2D eigenvalue weighted by Gasteiger charge is -2.32. The predicted molar refractivity (Wildman–Crippen MR) is 151 cm³/mol. The Morgan fingerprint density at radius 2 is 1.79 bits per heavy atom. The molecule has 0 unspecified atom stereocenters. The van der Waals surface area contributed by atoms with Crippen LogP contribution < -0.4 is 26.0 Å². The minimum atomic E-state index is -0.226. The lowest BCUT2D eigenvalue weighted by Crippen LogP contribution is -2.47. The van der Waals surface area contributed by atoms with Crippen LogP contribution >= 0.6 is 0 Å². The van der Waals surface area contributed by atoms with Crippen LogP contribution in [-0.2, 0) is 4.79 Å². The first-order valence-corrected chi connectivity index (χ1v) is 14.0. The van der Waals surface area contributed by atoms with Crippen molar-refractivity contribution in [2.75, 3.05) is 43.9 Å². The molecule has 39 heavy (non-hydrogen) atoms. The molecule has 208 valence electrons. The second-order valence-electron chi connectivity index (χ2n) is 10.8. The number of fused-ring (bicyclic) bond motifs is 4. The minimum Gasteiger partial charge on any atom is -0.489 e. The van der Waals surface area contributed by atoms with Gasteiger partial charge in [-0.3, -0.25) is 9.59 Å². The number of hydrogen-bond acceptors (Lipinski definition) is 8. The van der Waals surface area contributed by atoms with Crippen molar-refractivity contribution in [2.45, 2.75) is 57.5 Å². The third-order valence-electron chi connectivity index (χ3n) is 7.86. The van der Waals surface area contributed by atoms with Gasteiger partial charge in [0, 0.05) is 42.5 Å². The highest BCUT2D eigenvalue weighted by Gasteiger charge is 2.30. The van der Waals surface area contributed by atoms with Crippen LogP contribution in [0.4, 0.5) is 17.5 Å². The number of carbonyl (C=O) groups is 2. The summed E-state index contributed by atoms with van der Waals surface area (Å²) in [6, 6.07) is 6.11. The summed E-state index contributed by atoms with van der Waals surface area (Å²) in [5, 5.41) is 12.9. The maximum Gasteiger partial charge on any atom is 0.256 e. The van der Waals surface area contributed by atoms with Crippen molar-refractivity contribution in [1.82, 2.24) is 25.5 Å². The zero-order valence-corrected chi connectivity index (χ0v) is 22.8. The van der Waals surface area contributed by atoms with E-state index in [0.717, 1.165) is 68.6 Å². The molecule has 3 aliphatic rings. The second kappa shape index (κ2) is 12.5. The first kappa shape index (κ1) is 26.9. The van der Waals surface area contributed by atoms with Crippen molar-refractivity contribution in [1.29, 1.82) is 0 Å². The number of ether oxygens (including phenoxy) is 1. The number of carbonyl (C=O) groups excluding carboxylic acids is 2. The Bertz CT molecular complexity index is 1200. The van der Waals surface area contributed by atoms with E-state index in [1.807, 2.05) is 37.3 Å². The summed E-state index contributed by atoms with van der Waals surface area (Å²) < 4.78 is 5.90. The van der Waals surface area contributed by atoms with Crippen LogP contribution in [0.15, 0.2) is 36.5 Å². The zero-order valence-electron chi connectivity index (χ0n) is 22.8. The Morgan fingerprint density at radius 3 is 2.59 bits per heavy atom. The molecule has 10 heteroatoms. The summed E-state index contributed by atoms with van der Waals surface area (Å²) in [7, 11) is 2.12. The molecule has 4 N–H and O–H groups in total. The molecule has 2 amide bonds. The van der Waals surface area contributed by atoms with Crippen LogP contribution in [0.5, 0.6) is 5.75 Å². The van der Waals surface area contributed by atoms with Gasteiger partial charge in [0.15, 0.2) is 0 Å². The average molecular weight is 534 g/mol. The van der Waals surface area contributed by atoms with E-state index >= 15 is 0 Å². The molecule has 0 atom stereocenters. The van der Waals surface area contributed by atoms with Gasteiger partial charge in [-0.15, -0.1) is 0 Å². The van der Waals surface area contributed by atoms with Crippen LogP contribution in [0.25, 0.3) is 0 Å². The molecule has 1 aliphatic carbocycles. The zero-order chi connectivity index (χ0) is 27.2. The monoisotopic (exact) mass is 533 g/mol. The molecule has 1 aromatic heterocycles. The topological polar surface area (TPSA) is 121 Å². The summed E-state index contributed by atoms with van der Waals surface area (Å²) in [6.45, 7) is 5.05. The number of nitrogens with one attached hydrogen (secondary N) is 4. The van der Waals surface area contributed by atoms with Crippen molar-refractivity contribution < 1.29 is 14.3 Å². The van der Waals surface area contributed by atoms with Crippen molar-refractivity contribution in [3.63, 3.8) is 0 Å². The van der Waals surface area contributed by atoms with E-state index in [2.05, 4.69) is 43.2 Å². The summed E-state index contributed by atoms with van der Waals surface area (Å²) >= 11 is 0. The van der Waals surface area contributed by atoms with Gasteiger partial charge in [0.05, 0.1) is 0 Å². The van der Waals surface area contributed by atoms with Gasteiger partial charge in [0.2, 0.25) is 11.9 Å².